The lowest BCUT2D eigenvalue weighted by atomic mass is 10.2. The fourth-order valence-corrected chi connectivity index (χ4v) is 2.30. The van der Waals surface area contributed by atoms with Gasteiger partial charge in [-0.2, -0.15) is 0 Å². The molecule has 0 radical (unpaired) electrons. The molecule has 1 atom stereocenters. The zero-order valence-electron chi connectivity index (χ0n) is 15.5. The molecule has 2 aromatic rings. The first-order valence-corrected chi connectivity index (χ1v) is 8.70. The zero-order valence-corrected chi connectivity index (χ0v) is 15.5. The molecule has 0 aromatic heterocycles. The van der Waals surface area contributed by atoms with Crippen molar-refractivity contribution in [2.75, 3.05) is 11.9 Å². The predicted molar refractivity (Wildman–Crippen MR) is 101 cm³/mol. The van der Waals surface area contributed by atoms with Crippen molar-refractivity contribution < 1.29 is 19.1 Å². The summed E-state index contributed by atoms with van der Waals surface area (Å²) >= 11 is 0. The number of rotatable bonds is 8. The third-order valence-electron chi connectivity index (χ3n) is 3.78. The number of hydrogen-bond acceptors (Lipinski definition) is 4. The van der Waals surface area contributed by atoms with Crippen LogP contribution in [0.4, 0.5) is 5.69 Å². The molecule has 0 unspecified atom stereocenters. The number of nitrogens with one attached hydrogen (secondary N) is 1. The van der Waals surface area contributed by atoms with Crippen LogP contribution in [0.15, 0.2) is 48.5 Å². The van der Waals surface area contributed by atoms with E-state index in [1.165, 1.54) is 0 Å². The molecule has 0 saturated carbocycles. The fourth-order valence-electron chi connectivity index (χ4n) is 2.30. The van der Waals surface area contributed by atoms with Crippen molar-refractivity contribution in [2.24, 2.45) is 0 Å². The summed E-state index contributed by atoms with van der Waals surface area (Å²) in [4.78, 5) is 23.9. The van der Waals surface area contributed by atoms with Crippen LogP contribution in [-0.2, 0) is 14.3 Å². The highest BCUT2D eigenvalue weighted by atomic mass is 16.5. The van der Waals surface area contributed by atoms with E-state index in [-0.39, 0.29) is 12.3 Å². The lowest BCUT2D eigenvalue weighted by Crippen LogP contribution is -2.30. The summed E-state index contributed by atoms with van der Waals surface area (Å²) < 4.78 is 10.8. The Balaban J connectivity index is 1.67. The van der Waals surface area contributed by atoms with Crippen LogP contribution in [0.25, 0.3) is 0 Å². The Bertz CT molecular complexity index is 740. The van der Waals surface area contributed by atoms with Crippen LogP contribution in [0.5, 0.6) is 5.75 Å². The van der Waals surface area contributed by atoms with Gasteiger partial charge in [-0.15, -0.1) is 0 Å². The summed E-state index contributed by atoms with van der Waals surface area (Å²) in [6.45, 7) is 5.94. The molecular weight excluding hydrogens is 330 g/mol. The van der Waals surface area contributed by atoms with E-state index in [1.807, 2.05) is 62.4 Å². The average Bonchev–Trinajstić information content (AvgIpc) is 2.60. The van der Waals surface area contributed by atoms with Crippen molar-refractivity contribution in [1.82, 2.24) is 0 Å². The maximum Gasteiger partial charge on any atom is 0.306 e. The maximum atomic E-state index is 12.1. The van der Waals surface area contributed by atoms with Crippen LogP contribution in [0.3, 0.4) is 0 Å². The molecule has 0 aliphatic heterocycles. The SMILES string of the molecule is Cc1ccc(NC(=O)[C@H](C)OC(=O)CCCOc2cccc(C)c2)cc1. The van der Waals surface area contributed by atoms with Gasteiger partial charge in [0.25, 0.3) is 5.91 Å². The highest BCUT2D eigenvalue weighted by molar-refractivity contribution is 5.95. The topological polar surface area (TPSA) is 64.6 Å². The molecule has 0 fully saturated rings. The van der Waals surface area contributed by atoms with E-state index in [0.29, 0.717) is 18.7 Å². The second-order valence-corrected chi connectivity index (χ2v) is 6.26. The van der Waals surface area contributed by atoms with E-state index in [1.54, 1.807) is 6.92 Å². The number of amides is 1. The highest BCUT2D eigenvalue weighted by Gasteiger charge is 2.17. The Kier molecular flexibility index (Phi) is 7.21. The predicted octanol–water partition coefficient (Wildman–Crippen LogP) is 4.03. The molecule has 1 amide bonds. The molecule has 0 bridgehead atoms. The fraction of sp³-hybridized carbons (Fsp3) is 0.333. The van der Waals surface area contributed by atoms with E-state index in [2.05, 4.69) is 5.32 Å². The van der Waals surface area contributed by atoms with Gasteiger partial charge in [-0.1, -0.05) is 29.8 Å². The van der Waals surface area contributed by atoms with Gasteiger partial charge in [0.1, 0.15) is 5.75 Å². The van der Waals surface area contributed by atoms with E-state index in [4.69, 9.17) is 9.47 Å². The van der Waals surface area contributed by atoms with E-state index in [0.717, 1.165) is 16.9 Å². The summed E-state index contributed by atoms with van der Waals surface area (Å²) in [5.74, 6) is 0.0202. The van der Waals surface area contributed by atoms with Crippen molar-refractivity contribution in [3.63, 3.8) is 0 Å². The van der Waals surface area contributed by atoms with Crippen molar-refractivity contribution in [3.05, 3.63) is 59.7 Å². The van der Waals surface area contributed by atoms with Crippen molar-refractivity contribution in [3.8, 4) is 5.75 Å². The average molecular weight is 355 g/mol. The van der Waals surface area contributed by atoms with Gasteiger partial charge in [0.15, 0.2) is 6.10 Å². The molecule has 5 nitrogen and oxygen atoms in total. The molecule has 0 saturated heterocycles. The first kappa shape index (κ1) is 19.5. The standard InChI is InChI=1S/C21H25NO4/c1-15-9-11-18(12-10-15)22-21(24)17(3)26-20(23)8-5-13-25-19-7-4-6-16(2)14-19/h4,6-7,9-12,14,17H,5,8,13H2,1-3H3,(H,22,24)/t17-/m0/s1. The van der Waals surface area contributed by atoms with Crippen LogP contribution in [0.1, 0.15) is 30.9 Å². The third kappa shape index (κ3) is 6.59. The quantitative estimate of drug-likeness (QED) is 0.573. The number of carbonyl (C=O) groups is 2. The summed E-state index contributed by atoms with van der Waals surface area (Å²) in [7, 11) is 0. The van der Waals surface area contributed by atoms with Crippen molar-refractivity contribution >= 4 is 17.6 Å². The molecule has 2 aromatic carbocycles. The number of anilines is 1. The molecule has 138 valence electrons. The summed E-state index contributed by atoms with van der Waals surface area (Å²) in [6, 6.07) is 15.2. The normalized spacial score (nSPS) is 11.5. The van der Waals surface area contributed by atoms with E-state index >= 15 is 0 Å². The minimum atomic E-state index is -0.846. The van der Waals surface area contributed by atoms with Gasteiger partial charge in [-0.3, -0.25) is 9.59 Å². The van der Waals surface area contributed by atoms with Gasteiger partial charge in [-0.25, -0.2) is 0 Å². The molecule has 26 heavy (non-hydrogen) atoms. The molecule has 0 spiro atoms. The third-order valence-corrected chi connectivity index (χ3v) is 3.78. The number of esters is 1. The van der Waals surface area contributed by atoms with Crippen molar-refractivity contribution in [2.45, 2.75) is 39.7 Å². The lowest BCUT2D eigenvalue weighted by molar-refractivity contribution is -0.153. The van der Waals surface area contributed by atoms with Crippen LogP contribution in [0.2, 0.25) is 0 Å². The molecular formula is C21H25NO4. The van der Waals surface area contributed by atoms with Gasteiger partial charge in [-0.05, 0) is 57.0 Å². The molecule has 1 N–H and O–H groups in total. The molecule has 2 rings (SSSR count). The van der Waals surface area contributed by atoms with E-state index in [9.17, 15) is 9.59 Å². The Hall–Kier alpha value is -2.82. The molecule has 0 aliphatic rings. The minimum Gasteiger partial charge on any atom is -0.494 e. The van der Waals surface area contributed by atoms with Crippen LogP contribution in [0, 0.1) is 13.8 Å². The number of hydrogen-bond donors (Lipinski definition) is 1. The highest BCUT2D eigenvalue weighted by Crippen LogP contribution is 2.13. The van der Waals surface area contributed by atoms with Gasteiger partial charge in [0, 0.05) is 12.1 Å². The Labute approximate surface area is 154 Å². The summed E-state index contributed by atoms with van der Waals surface area (Å²) in [6.07, 6.45) is -0.117. The Morgan fingerprint density at radius 1 is 1.04 bits per heavy atom. The summed E-state index contributed by atoms with van der Waals surface area (Å²) in [5.41, 5.74) is 2.90. The monoisotopic (exact) mass is 355 g/mol. The zero-order chi connectivity index (χ0) is 18.9. The number of benzene rings is 2. The molecule has 0 aliphatic carbocycles. The smallest absolute Gasteiger partial charge is 0.306 e. The van der Waals surface area contributed by atoms with Crippen LogP contribution in [-0.4, -0.2) is 24.6 Å². The first-order chi connectivity index (χ1) is 12.4. The van der Waals surface area contributed by atoms with Gasteiger partial charge in [0.2, 0.25) is 0 Å². The second kappa shape index (κ2) is 9.61. The van der Waals surface area contributed by atoms with Crippen molar-refractivity contribution in [1.29, 1.82) is 0 Å². The lowest BCUT2D eigenvalue weighted by Gasteiger charge is -2.14. The largest absolute Gasteiger partial charge is 0.494 e. The first-order valence-electron chi connectivity index (χ1n) is 8.70. The Morgan fingerprint density at radius 2 is 1.77 bits per heavy atom. The van der Waals surface area contributed by atoms with Crippen LogP contribution < -0.4 is 10.1 Å². The van der Waals surface area contributed by atoms with Gasteiger partial charge >= 0.3 is 5.97 Å². The molecule has 0 heterocycles. The molecule has 5 heteroatoms. The number of ether oxygens (including phenoxy) is 2. The Morgan fingerprint density at radius 3 is 2.46 bits per heavy atom. The van der Waals surface area contributed by atoms with Gasteiger partial charge in [0.05, 0.1) is 6.61 Å². The minimum absolute atomic E-state index is 0.202. The maximum absolute atomic E-state index is 12.1. The number of aryl methyl sites for hydroxylation is 2. The van der Waals surface area contributed by atoms with Gasteiger partial charge < -0.3 is 14.8 Å². The van der Waals surface area contributed by atoms with E-state index < -0.39 is 12.1 Å². The summed E-state index contributed by atoms with van der Waals surface area (Å²) in [5, 5.41) is 2.73. The second-order valence-electron chi connectivity index (χ2n) is 6.26. The number of carbonyl (C=O) groups excluding carboxylic acids is 2. The van der Waals surface area contributed by atoms with Crippen LogP contribution >= 0.6 is 0 Å².